The van der Waals surface area contributed by atoms with E-state index in [1.165, 1.54) is 0 Å². The molecule has 4 heteroatoms. The fourth-order valence-corrected chi connectivity index (χ4v) is 1.75. The lowest BCUT2D eigenvalue weighted by Gasteiger charge is -2.17. The number of halogens is 1. The van der Waals surface area contributed by atoms with Gasteiger partial charge in [-0.25, -0.2) is 4.39 Å². The van der Waals surface area contributed by atoms with Gasteiger partial charge in [-0.2, -0.15) is 0 Å². The Morgan fingerprint density at radius 2 is 2.43 bits per heavy atom. The first-order valence-electron chi connectivity index (χ1n) is 4.72. The van der Waals surface area contributed by atoms with Gasteiger partial charge >= 0.3 is 0 Å². The predicted molar refractivity (Wildman–Crippen MR) is 47.9 cm³/mol. The largest absolute Gasteiger partial charge is 0.469 e. The van der Waals surface area contributed by atoms with Gasteiger partial charge in [-0.05, 0) is 6.42 Å². The molecule has 0 unspecified atom stereocenters. The lowest BCUT2D eigenvalue weighted by Crippen LogP contribution is -2.13. The molecule has 1 fully saturated rings. The van der Waals surface area contributed by atoms with Crippen LogP contribution in [0.5, 0.6) is 0 Å². The van der Waals surface area contributed by atoms with E-state index in [2.05, 4.69) is 0 Å². The van der Waals surface area contributed by atoms with Crippen molar-refractivity contribution in [2.75, 3.05) is 20.0 Å². The summed E-state index contributed by atoms with van der Waals surface area (Å²) >= 11 is 0. The van der Waals surface area contributed by atoms with Crippen LogP contribution in [0.2, 0.25) is 0 Å². The van der Waals surface area contributed by atoms with E-state index in [4.69, 9.17) is 14.6 Å². The van der Waals surface area contributed by atoms with Crippen molar-refractivity contribution in [1.29, 1.82) is 0 Å². The van der Waals surface area contributed by atoms with Crippen molar-refractivity contribution in [1.82, 2.24) is 0 Å². The van der Waals surface area contributed by atoms with Gasteiger partial charge in [0.1, 0.15) is 5.76 Å². The molecule has 2 rings (SSSR count). The van der Waals surface area contributed by atoms with Gasteiger partial charge in [0, 0.05) is 17.9 Å². The molecule has 14 heavy (non-hydrogen) atoms. The van der Waals surface area contributed by atoms with Crippen LogP contribution < -0.4 is 0 Å². The molecule has 1 saturated heterocycles. The summed E-state index contributed by atoms with van der Waals surface area (Å²) in [4.78, 5) is 0. The molecule has 0 saturated carbocycles. The minimum Gasteiger partial charge on any atom is -0.469 e. The lowest BCUT2D eigenvalue weighted by atomic mass is 10.0. The number of rotatable bonds is 1. The van der Waals surface area contributed by atoms with Crippen molar-refractivity contribution in [3.05, 3.63) is 23.2 Å². The molecule has 2 aliphatic rings. The Hall–Kier alpha value is -0.870. The summed E-state index contributed by atoms with van der Waals surface area (Å²) in [6.45, 7) is 0.352. The van der Waals surface area contributed by atoms with Crippen molar-refractivity contribution in [2.45, 2.75) is 12.8 Å². The molecule has 0 radical (unpaired) electrons. The molecule has 2 bridgehead atoms. The highest BCUT2D eigenvalue weighted by molar-refractivity contribution is 5.31. The minimum atomic E-state index is -0.416. The number of hydrogen-bond acceptors (Lipinski definition) is 3. The smallest absolute Gasteiger partial charge is 0.188 e. The second kappa shape index (κ2) is 4.11. The molecule has 78 valence electrons. The van der Waals surface area contributed by atoms with Crippen LogP contribution in [0.15, 0.2) is 23.2 Å². The van der Waals surface area contributed by atoms with Crippen LogP contribution in [-0.2, 0) is 9.47 Å². The normalized spacial score (nSPS) is 27.6. The van der Waals surface area contributed by atoms with E-state index in [-0.39, 0.29) is 19.3 Å². The number of aliphatic hydroxyl groups is 1. The summed E-state index contributed by atoms with van der Waals surface area (Å²) in [5.41, 5.74) is 0.327. The Labute approximate surface area is 81.8 Å². The quantitative estimate of drug-likeness (QED) is 0.697. The molecule has 0 aromatic rings. The number of ether oxygens (including phenoxy) is 2. The summed E-state index contributed by atoms with van der Waals surface area (Å²) in [6, 6.07) is 0. The average Bonchev–Trinajstić information content (AvgIpc) is 2.25. The maximum absolute atomic E-state index is 13.6. The zero-order valence-corrected chi connectivity index (χ0v) is 7.83. The molecular formula is C10H13FO3. The number of fused-ring (bicyclic) bond motifs is 3. The van der Waals surface area contributed by atoms with Crippen LogP contribution >= 0.6 is 0 Å². The van der Waals surface area contributed by atoms with Gasteiger partial charge in [-0.1, -0.05) is 6.08 Å². The Balaban J connectivity index is 2.33. The molecule has 3 nitrogen and oxygen atoms in total. The number of allylic oxidation sites excluding steroid dienone is 1. The Morgan fingerprint density at radius 1 is 1.57 bits per heavy atom. The van der Waals surface area contributed by atoms with Gasteiger partial charge in [-0.15, -0.1) is 0 Å². The van der Waals surface area contributed by atoms with Crippen molar-refractivity contribution in [2.24, 2.45) is 5.92 Å². The standard InChI is InChI=1S/C10H13FO3/c11-10-8(4-12)3-7-1-2-9(10)14-6-13-5-7/h3,7,12H,1-2,4-6H2/t7-/m0/s1. The molecule has 0 aromatic carbocycles. The van der Waals surface area contributed by atoms with Crippen LogP contribution in [0, 0.1) is 5.92 Å². The Kier molecular flexibility index (Phi) is 2.84. The molecule has 1 N–H and O–H groups in total. The molecule has 1 atom stereocenters. The third-order valence-corrected chi connectivity index (χ3v) is 2.52. The van der Waals surface area contributed by atoms with Gasteiger partial charge in [0.2, 0.25) is 0 Å². The van der Waals surface area contributed by atoms with E-state index in [0.29, 0.717) is 24.4 Å². The fourth-order valence-electron chi connectivity index (χ4n) is 1.75. The van der Waals surface area contributed by atoms with E-state index in [1.807, 2.05) is 0 Å². The minimum absolute atomic E-state index is 0.103. The van der Waals surface area contributed by atoms with Crippen LogP contribution in [0.4, 0.5) is 4.39 Å². The predicted octanol–water partition coefficient (Wildman–Crippen LogP) is 1.50. The SMILES string of the molecule is OCC1=C[C@@H]2CCC(=C1F)OCOC2. The summed E-state index contributed by atoms with van der Waals surface area (Å²) in [5.74, 6) is 0.0808. The van der Waals surface area contributed by atoms with E-state index in [1.54, 1.807) is 6.08 Å². The van der Waals surface area contributed by atoms with Gasteiger partial charge in [0.05, 0.1) is 13.2 Å². The van der Waals surface area contributed by atoms with E-state index in [9.17, 15) is 4.39 Å². The van der Waals surface area contributed by atoms with Crippen molar-refractivity contribution < 1.29 is 19.0 Å². The molecule has 0 aromatic heterocycles. The average molecular weight is 200 g/mol. The first-order chi connectivity index (χ1) is 6.81. The highest BCUT2D eigenvalue weighted by atomic mass is 19.1. The maximum atomic E-state index is 13.6. The molecule has 0 amide bonds. The number of hydrogen-bond donors (Lipinski definition) is 1. The lowest BCUT2D eigenvalue weighted by molar-refractivity contribution is -0.0466. The third kappa shape index (κ3) is 1.81. The van der Waals surface area contributed by atoms with Crippen molar-refractivity contribution >= 4 is 0 Å². The third-order valence-electron chi connectivity index (χ3n) is 2.52. The highest BCUT2D eigenvalue weighted by Gasteiger charge is 2.22. The van der Waals surface area contributed by atoms with Gasteiger partial charge in [0.15, 0.2) is 12.6 Å². The van der Waals surface area contributed by atoms with E-state index >= 15 is 0 Å². The molecule has 1 aliphatic heterocycles. The fraction of sp³-hybridized carbons (Fsp3) is 0.600. The first kappa shape index (κ1) is 9.68. The second-order valence-corrected chi connectivity index (χ2v) is 3.52. The monoisotopic (exact) mass is 200 g/mol. The zero-order chi connectivity index (χ0) is 9.97. The second-order valence-electron chi connectivity index (χ2n) is 3.52. The van der Waals surface area contributed by atoms with Crippen LogP contribution in [0.3, 0.4) is 0 Å². The van der Waals surface area contributed by atoms with Gasteiger partial charge in [0.25, 0.3) is 0 Å². The topological polar surface area (TPSA) is 38.7 Å². The molecule has 1 aliphatic carbocycles. The Bertz CT molecular complexity index is 279. The van der Waals surface area contributed by atoms with Crippen molar-refractivity contribution in [3.8, 4) is 0 Å². The zero-order valence-electron chi connectivity index (χ0n) is 7.83. The number of aliphatic hydroxyl groups excluding tert-OH is 1. The van der Waals surface area contributed by atoms with Gasteiger partial charge < -0.3 is 14.6 Å². The molecular weight excluding hydrogens is 187 g/mol. The van der Waals surface area contributed by atoms with Gasteiger partial charge in [-0.3, -0.25) is 0 Å². The summed E-state index contributed by atoms with van der Waals surface area (Å²) in [7, 11) is 0. The summed E-state index contributed by atoms with van der Waals surface area (Å²) in [5, 5.41) is 8.99. The van der Waals surface area contributed by atoms with Crippen LogP contribution in [0.1, 0.15) is 12.8 Å². The summed E-state index contributed by atoms with van der Waals surface area (Å²) in [6.07, 6.45) is 3.14. The van der Waals surface area contributed by atoms with Crippen LogP contribution in [0.25, 0.3) is 0 Å². The van der Waals surface area contributed by atoms with Crippen LogP contribution in [-0.4, -0.2) is 25.1 Å². The highest BCUT2D eigenvalue weighted by Crippen LogP contribution is 2.30. The first-order valence-corrected chi connectivity index (χ1v) is 4.72. The summed E-state index contributed by atoms with van der Waals surface area (Å²) < 4.78 is 23.9. The maximum Gasteiger partial charge on any atom is 0.188 e. The Morgan fingerprint density at radius 3 is 3.21 bits per heavy atom. The molecule has 1 heterocycles. The molecule has 0 spiro atoms. The van der Waals surface area contributed by atoms with E-state index in [0.717, 1.165) is 6.42 Å². The van der Waals surface area contributed by atoms with Crippen molar-refractivity contribution in [3.63, 3.8) is 0 Å². The van der Waals surface area contributed by atoms with E-state index < -0.39 is 5.83 Å².